The molecule has 0 saturated carbocycles. The molecule has 0 saturated heterocycles. The average molecular weight is 240 g/mol. The second kappa shape index (κ2) is 4.58. The predicted molar refractivity (Wildman–Crippen MR) is 68.3 cm³/mol. The highest BCUT2D eigenvalue weighted by atomic mass is 32.1. The Morgan fingerprint density at radius 2 is 1.94 bits per heavy atom. The van der Waals surface area contributed by atoms with Crippen molar-refractivity contribution in [3.8, 4) is 0 Å². The summed E-state index contributed by atoms with van der Waals surface area (Å²) in [6, 6.07) is 0. The first-order valence-corrected chi connectivity index (χ1v) is 6.41. The molecule has 2 nitrogen and oxygen atoms in total. The van der Waals surface area contributed by atoms with Gasteiger partial charge < -0.3 is 4.74 Å². The summed E-state index contributed by atoms with van der Waals surface area (Å²) in [5.74, 6) is 0.148. The zero-order chi connectivity index (χ0) is 12.5. The van der Waals surface area contributed by atoms with Crippen LogP contribution in [0.25, 0.3) is 0 Å². The Hall–Kier alpha value is -0.830. The molecule has 0 N–H and O–H groups in total. The Balaban J connectivity index is 3.01. The van der Waals surface area contributed by atoms with E-state index in [1.807, 2.05) is 33.1 Å². The largest absolute Gasteiger partial charge is 0.456 e. The van der Waals surface area contributed by atoms with Gasteiger partial charge in [0.2, 0.25) is 0 Å². The van der Waals surface area contributed by atoms with Gasteiger partial charge in [0.25, 0.3) is 0 Å². The molecule has 0 fully saturated rings. The second-order valence-corrected chi connectivity index (χ2v) is 6.36. The van der Waals surface area contributed by atoms with E-state index in [0.29, 0.717) is 5.92 Å². The first-order chi connectivity index (χ1) is 7.22. The third kappa shape index (κ3) is 3.08. The van der Waals surface area contributed by atoms with Crippen molar-refractivity contribution in [2.24, 2.45) is 0 Å². The van der Waals surface area contributed by atoms with Crippen molar-refractivity contribution in [2.75, 3.05) is 0 Å². The van der Waals surface area contributed by atoms with Crippen LogP contribution in [0.4, 0.5) is 0 Å². The van der Waals surface area contributed by atoms with Crippen molar-refractivity contribution in [1.29, 1.82) is 0 Å². The number of ether oxygens (including phenoxy) is 1. The summed E-state index contributed by atoms with van der Waals surface area (Å²) in [5, 5.41) is 1.90. The van der Waals surface area contributed by atoms with Crippen LogP contribution in [0.3, 0.4) is 0 Å². The SMILES string of the molecule is Cc1scc(C(=O)OC(C)(C)C)c1C(C)C. The number of carbonyl (C=O) groups excluding carboxylic acids is 1. The topological polar surface area (TPSA) is 26.3 Å². The van der Waals surface area contributed by atoms with E-state index in [-0.39, 0.29) is 5.97 Å². The van der Waals surface area contributed by atoms with E-state index in [0.717, 1.165) is 11.1 Å². The van der Waals surface area contributed by atoms with Crippen LogP contribution >= 0.6 is 11.3 Å². The van der Waals surface area contributed by atoms with Crippen molar-refractivity contribution < 1.29 is 9.53 Å². The van der Waals surface area contributed by atoms with Crippen LogP contribution < -0.4 is 0 Å². The lowest BCUT2D eigenvalue weighted by Crippen LogP contribution is -2.24. The fourth-order valence-corrected chi connectivity index (χ4v) is 2.66. The summed E-state index contributed by atoms with van der Waals surface area (Å²) in [4.78, 5) is 13.2. The van der Waals surface area contributed by atoms with E-state index in [2.05, 4.69) is 13.8 Å². The molecule has 0 aliphatic carbocycles. The Bertz CT molecular complexity index is 383. The molecule has 0 spiro atoms. The molecule has 0 radical (unpaired) electrons. The molecular weight excluding hydrogens is 220 g/mol. The Labute approximate surface area is 102 Å². The van der Waals surface area contributed by atoms with E-state index in [9.17, 15) is 4.79 Å². The van der Waals surface area contributed by atoms with Crippen molar-refractivity contribution in [3.05, 3.63) is 21.4 Å². The van der Waals surface area contributed by atoms with Gasteiger partial charge >= 0.3 is 5.97 Å². The molecular formula is C13H20O2S. The van der Waals surface area contributed by atoms with Gasteiger partial charge in [0, 0.05) is 10.3 Å². The van der Waals surface area contributed by atoms with Gasteiger partial charge in [-0.25, -0.2) is 4.79 Å². The summed E-state index contributed by atoms with van der Waals surface area (Å²) in [5.41, 5.74) is 1.42. The Morgan fingerprint density at radius 3 is 2.38 bits per heavy atom. The van der Waals surface area contributed by atoms with E-state index in [4.69, 9.17) is 4.74 Å². The van der Waals surface area contributed by atoms with Crippen LogP contribution in [0.15, 0.2) is 5.38 Å². The molecule has 0 atom stereocenters. The third-order valence-corrected chi connectivity index (χ3v) is 3.15. The predicted octanol–water partition coefficient (Wildman–Crippen LogP) is 4.14. The number of aryl methyl sites for hydroxylation is 1. The molecule has 1 rings (SSSR count). The molecule has 1 heterocycles. The molecule has 1 aromatic rings. The zero-order valence-electron chi connectivity index (χ0n) is 10.9. The van der Waals surface area contributed by atoms with Crippen molar-refractivity contribution in [2.45, 2.75) is 53.1 Å². The molecule has 0 unspecified atom stereocenters. The van der Waals surface area contributed by atoms with Crippen molar-refractivity contribution >= 4 is 17.3 Å². The van der Waals surface area contributed by atoms with Crippen LogP contribution in [0.2, 0.25) is 0 Å². The van der Waals surface area contributed by atoms with Gasteiger partial charge in [-0.05, 0) is 39.2 Å². The summed E-state index contributed by atoms with van der Waals surface area (Å²) in [7, 11) is 0. The number of thiophene rings is 1. The Morgan fingerprint density at radius 1 is 1.38 bits per heavy atom. The first-order valence-electron chi connectivity index (χ1n) is 5.53. The monoisotopic (exact) mass is 240 g/mol. The fraction of sp³-hybridized carbons (Fsp3) is 0.615. The van der Waals surface area contributed by atoms with Crippen LogP contribution in [-0.4, -0.2) is 11.6 Å². The highest BCUT2D eigenvalue weighted by Gasteiger charge is 2.23. The van der Waals surface area contributed by atoms with Gasteiger partial charge in [0.05, 0.1) is 5.56 Å². The van der Waals surface area contributed by atoms with Crippen LogP contribution in [-0.2, 0) is 4.74 Å². The van der Waals surface area contributed by atoms with E-state index >= 15 is 0 Å². The van der Waals surface area contributed by atoms with Gasteiger partial charge in [-0.2, -0.15) is 0 Å². The van der Waals surface area contributed by atoms with Crippen molar-refractivity contribution in [1.82, 2.24) is 0 Å². The van der Waals surface area contributed by atoms with Crippen molar-refractivity contribution in [3.63, 3.8) is 0 Å². The molecule has 0 aliphatic heterocycles. The molecule has 0 amide bonds. The van der Waals surface area contributed by atoms with Crippen LogP contribution in [0, 0.1) is 6.92 Å². The number of hydrogen-bond donors (Lipinski definition) is 0. The van der Waals surface area contributed by atoms with E-state index in [1.165, 1.54) is 4.88 Å². The van der Waals surface area contributed by atoms with Crippen LogP contribution in [0.1, 0.15) is 61.3 Å². The number of hydrogen-bond acceptors (Lipinski definition) is 3. The molecule has 0 bridgehead atoms. The summed E-state index contributed by atoms with van der Waals surface area (Å²) in [6.45, 7) is 11.9. The molecule has 0 aliphatic rings. The minimum atomic E-state index is -0.429. The zero-order valence-corrected chi connectivity index (χ0v) is 11.7. The number of rotatable bonds is 2. The first kappa shape index (κ1) is 13.2. The van der Waals surface area contributed by atoms with Gasteiger partial charge in [0.1, 0.15) is 5.60 Å². The quantitative estimate of drug-likeness (QED) is 0.726. The molecule has 3 heteroatoms. The Kier molecular flexibility index (Phi) is 3.79. The average Bonchev–Trinajstić information content (AvgIpc) is 2.43. The van der Waals surface area contributed by atoms with Gasteiger partial charge in [-0.3, -0.25) is 0 Å². The maximum Gasteiger partial charge on any atom is 0.339 e. The normalized spacial score (nSPS) is 11.9. The van der Waals surface area contributed by atoms with Gasteiger partial charge in [-0.1, -0.05) is 13.8 Å². The highest BCUT2D eigenvalue weighted by molar-refractivity contribution is 7.10. The molecule has 1 aromatic heterocycles. The minimum absolute atomic E-state index is 0.208. The molecule has 0 aromatic carbocycles. The molecule has 90 valence electrons. The lowest BCUT2D eigenvalue weighted by atomic mass is 9.99. The van der Waals surface area contributed by atoms with Gasteiger partial charge in [-0.15, -0.1) is 11.3 Å². The summed E-state index contributed by atoms with van der Waals surface area (Å²) in [6.07, 6.45) is 0. The smallest absolute Gasteiger partial charge is 0.339 e. The van der Waals surface area contributed by atoms with E-state index < -0.39 is 5.60 Å². The third-order valence-electron chi connectivity index (χ3n) is 2.22. The standard InChI is InChI=1S/C13H20O2S/c1-8(2)11-9(3)16-7-10(11)12(14)15-13(4,5)6/h7-8H,1-6H3. The summed E-state index contributed by atoms with van der Waals surface area (Å²) < 4.78 is 5.40. The van der Waals surface area contributed by atoms with E-state index in [1.54, 1.807) is 11.3 Å². The number of carbonyl (C=O) groups is 1. The lowest BCUT2D eigenvalue weighted by molar-refractivity contribution is 0.00685. The van der Waals surface area contributed by atoms with Crippen LogP contribution in [0.5, 0.6) is 0 Å². The maximum atomic E-state index is 12.0. The minimum Gasteiger partial charge on any atom is -0.456 e. The highest BCUT2D eigenvalue weighted by Crippen LogP contribution is 2.30. The molecule has 16 heavy (non-hydrogen) atoms. The summed E-state index contributed by atoms with van der Waals surface area (Å²) >= 11 is 1.61. The second-order valence-electron chi connectivity index (χ2n) is 5.28. The fourth-order valence-electron chi connectivity index (χ4n) is 1.67. The lowest BCUT2D eigenvalue weighted by Gasteiger charge is -2.20. The number of esters is 1. The van der Waals surface area contributed by atoms with Gasteiger partial charge in [0.15, 0.2) is 0 Å². The maximum absolute atomic E-state index is 12.0.